The van der Waals surface area contributed by atoms with Crippen molar-refractivity contribution in [3.8, 4) is 0 Å². The quantitative estimate of drug-likeness (QED) is 0.624. The molecule has 1 atom stereocenters. The van der Waals surface area contributed by atoms with E-state index < -0.39 is 0 Å². The third kappa shape index (κ3) is 1.42. The van der Waals surface area contributed by atoms with Crippen molar-refractivity contribution in [3.05, 3.63) is 37.0 Å². The molecule has 1 saturated carbocycles. The van der Waals surface area contributed by atoms with Crippen LogP contribution in [0, 0.1) is 12.8 Å². The number of hydrogen-bond donors (Lipinski definition) is 0. The maximum atomic E-state index is 4.14. The highest BCUT2D eigenvalue weighted by Gasteiger charge is 2.28. The molecule has 0 N–H and O–H groups in total. The van der Waals surface area contributed by atoms with Gasteiger partial charge in [0.25, 0.3) is 0 Å². The molecule has 1 nitrogen and oxygen atoms in total. The van der Waals surface area contributed by atoms with Gasteiger partial charge in [0.15, 0.2) is 0 Å². The van der Waals surface area contributed by atoms with E-state index >= 15 is 0 Å². The molecule has 1 aliphatic carbocycles. The molecule has 1 heterocycles. The highest BCUT2D eigenvalue weighted by Crippen LogP contribution is 2.41. The van der Waals surface area contributed by atoms with Gasteiger partial charge in [0.1, 0.15) is 0 Å². The number of pyridine rings is 1. The zero-order valence-corrected chi connectivity index (χ0v) is 6.53. The minimum Gasteiger partial charge on any atom is -0.265 e. The van der Waals surface area contributed by atoms with Crippen LogP contribution in [0.1, 0.15) is 24.3 Å². The lowest BCUT2D eigenvalue weighted by molar-refractivity contribution is 0.723. The minimum atomic E-state index is 0.498. The molecule has 0 spiro atoms. The largest absolute Gasteiger partial charge is 0.265 e. The first kappa shape index (κ1) is 6.84. The summed E-state index contributed by atoms with van der Waals surface area (Å²) in [6.07, 6.45) is 6.40. The fourth-order valence-corrected chi connectivity index (χ4v) is 1.38. The van der Waals surface area contributed by atoms with E-state index in [1.807, 2.05) is 12.4 Å². The zero-order valence-electron chi connectivity index (χ0n) is 6.53. The molecular formula is C10H12N. The number of rotatable bonds is 2. The zero-order chi connectivity index (χ0) is 7.68. The van der Waals surface area contributed by atoms with Gasteiger partial charge >= 0.3 is 0 Å². The summed E-state index contributed by atoms with van der Waals surface area (Å²) in [7, 11) is 0. The van der Waals surface area contributed by atoms with Crippen molar-refractivity contribution in [2.45, 2.75) is 18.8 Å². The van der Waals surface area contributed by atoms with E-state index in [-0.39, 0.29) is 0 Å². The molecule has 1 aliphatic rings. The van der Waals surface area contributed by atoms with Crippen LogP contribution in [0.2, 0.25) is 0 Å². The van der Waals surface area contributed by atoms with Crippen molar-refractivity contribution in [3.63, 3.8) is 0 Å². The third-order valence-electron chi connectivity index (χ3n) is 2.33. The Labute approximate surface area is 67.5 Å². The molecule has 1 heteroatoms. The van der Waals surface area contributed by atoms with Crippen LogP contribution in [0.15, 0.2) is 24.5 Å². The molecule has 11 heavy (non-hydrogen) atoms. The smallest absolute Gasteiger partial charge is 0.0270 e. The van der Waals surface area contributed by atoms with Crippen LogP contribution in [0.3, 0.4) is 0 Å². The summed E-state index contributed by atoms with van der Waals surface area (Å²) < 4.78 is 0. The number of aromatic nitrogens is 1. The topological polar surface area (TPSA) is 12.9 Å². The lowest BCUT2D eigenvalue weighted by atomic mass is 9.98. The summed E-state index contributed by atoms with van der Waals surface area (Å²) in [6, 6.07) is 4.13. The van der Waals surface area contributed by atoms with E-state index in [2.05, 4.69) is 24.0 Å². The van der Waals surface area contributed by atoms with Gasteiger partial charge in [-0.1, -0.05) is 0 Å². The summed E-state index contributed by atoms with van der Waals surface area (Å²) in [6.45, 7) is 4.14. The molecule has 0 saturated heterocycles. The fourth-order valence-electron chi connectivity index (χ4n) is 1.38. The Morgan fingerprint density at radius 3 is 2.55 bits per heavy atom. The van der Waals surface area contributed by atoms with Gasteiger partial charge in [-0.15, -0.1) is 0 Å². The second kappa shape index (κ2) is 2.65. The van der Waals surface area contributed by atoms with Crippen molar-refractivity contribution < 1.29 is 0 Å². The first-order valence-electron chi connectivity index (χ1n) is 4.11. The molecule has 0 aromatic carbocycles. The Kier molecular flexibility index (Phi) is 1.65. The maximum Gasteiger partial charge on any atom is 0.0270 e. The van der Waals surface area contributed by atoms with Crippen LogP contribution in [-0.4, -0.2) is 4.98 Å². The van der Waals surface area contributed by atoms with E-state index in [9.17, 15) is 0 Å². The third-order valence-corrected chi connectivity index (χ3v) is 2.33. The van der Waals surface area contributed by atoms with E-state index in [0.717, 1.165) is 5.92 Å². The predicted octanol–water partition coefficient (Wildman–Crippen LogP) is 2.41. The van der Waals surface area contributed by atoms with Crippen molar-refractivity contribution in [1.82, 2.24) is 4.98 Å². The summed E-state index contributed by atoms with van der Waals surface area (Å²) >= 11 is 0. The van der Waals surface area contributed by atoms with Crippen LogP contribution in [0.5, 0.6) is 0 Å². The van der Waals surface area contributed by atoms with Crippen LogP contribution in [-0.2, 0) is 0 Å². The number of nitrogens with zero attached hydrogens (tertiary/aromatic N) is 1. The average molecular weight is 146 g/mol. The monoisotopic (exact) mass is 146 g/mol. The van der Waals surface area contributed by atoms with Gasteiger partial charge in [0.05, 0.1) is 0 Å². The Hall–Kier alpha value is -0.850. The van der Waals surface area contributed by atoms with Gasteiger partial charge in [-0.05, 0) is 49.3 Å². The highest BCUT2D eigenvalue weighted by atomic mass is 14.6. The molecular weight excluding hydrogens is 134 g/mol. The standard InChI is InChI=1S/C10H12N/c1-8(9-2-3-9)10-4-6-11-7-5-10/h4-9H,1-3H2. The summed E-state index contributed by atoms with van der Waals surface area (Å²) in [5.74, 6) is 1.34. The number of hydrogen-bond acceptors (Lipinski definition) is 1. The first-order valence-corrected chi connectivity index (χ1v) is 4.11. The Morgan fingerprint density at radius 2 is 2.00 bits per heavy atom. The van der Waals surface area contributed by atoms with Gasteiger partial charge in [0.2, 0.25) is 0 Å². The van der Waals surface area contributed by atoms with E-state index in [0.29, 0.717) is 5.92 Å². The maximum absolute atomic E-state index is 4.14. The summed E-state index contributed by atoms with van der Waals surface area (Å²) in [5.41, 5.74) is 1.34. The molecule has 0 bridgehead atoms. The predicted molar refractivity (Wildman–Crippen MR) is 45.1 cm³/mol. The SMILES string of the molecule is [CH2]C(c1ccncc1)C1CC1. The highest BCUT2D eigenvalue weighted by molar-refractivity contribution is 5.19. The van der Waals surface area contributed by atoms with Gasteiger partial charge < -0.3 is 0 Å². The lowest BCUT2D eigenvalue weighted by Gasteiger charge is -2.08. The van der Waals surface area contributed by atoms with Gasteiger partial charge in [-0.2, -0.15) is 0 Å². The molecule has 0 aliphatic heterocycles. The first-order chi connectivity index (χ1) is 5.38. The fraction of sp³-hybridized carbons (Fsp3) is 0.400. The van der Waals surface area contributed by atoms with Crippen molar-refractivity contribution >= 4 is 0 Å². The summed E-state index contributed by atoms with van der Waals surface area (Å²) in [5, 5.41) is 0. The van der Waals surface area contributed by atoms with Crippen LogP contribution >= 0.6 is 0 Å². The molecule has 1 unspecified atom stereocenters. The van der Waals surface area contributed by atoms with Crippen LogP contribution in [0.25, 0.3) is 0 Å². The van der Waals surface area contributed by atoms with Gasteiger partial charge in [0, 0.05) is 12.4 Å². The molecule has 2 rings (SSSR count). The average Bonchev–Trinajstić information content (AvgIpc) is 2.87. The lowest BCUT2D eigenvalue weighted by Crippen LogP contribution is -1.95. The van der Waals surface area contributed by atoms with Crippen LogP contribution in [0.4, 0.5) is 0 Å². The Morgan fingerprint density at radius 1 is 1.36 bits per heavy atom. The van der Waals surface area contributed by atoms with Crippen molar-refractivity contribution in [2.24, 2.45) is 5.92 Å². The normalized spacial score (nSPS) is 19.7. The Balaban J connectivity index is 2.15. The summed E-state index contributed by atoms with van der Waals surface area (Å²) in [4.78, 5) is 3.98. The Bertz CT molecular complexity index is 226. The van der Waals surface area contributed by atoms with E-state index in [1.54, 1.807) is 0 Å². The second-order valence-corrected chi connectivity index (χ2v) is 3.22. The molecule has 1 aromatic heterocycles. The molecule has 1 radical (unpaired) electrons. The second-order valence-electron chi connectivity index (χ2n) is 3.22. The molecule has 57 valence electrons. The van der Waals surface area contributed by atoms with Gasteiger partial charge in [-0.25, -0.2) is 0 Å². The van der Waals surface area contributed by atoms with E-state index in [4.69, 9.17) is 0 Å². The van der Waals surface area contributed by atoms with Gasteiger partial charge in [-0.3, -0.25) is 4.98 Å². The molecule has 1 fully saturated rings. The molecule has 0 amide bonds. The molecule has 1 aromatic rings. The van der Waals surface area contributed by atoms with Crippen molar-refractivity contribution in [2.75, 3.05) is 0 Å². The van der Waals surface area contributed by atoms with Crippen LogP contribution < -0.4 is 0 Å². The minimum absolute atomic E-state index is 0.498. The van der Waals surface area contributed by atoms with Crippen molar-refractivity contribution in [1.29, 1.82) is 0 Å². The van der Waals surface area contributed by atoms with E-state index in [1.165, 1.54) is 18.4 Å².